The number of aliphatic hydroxyl groups excluding tert-OH is 2. The van der Waals surface area contributed by atoms with Gasteiger partial charge in [-0.2, -0.15) is 0 Å². The van der Waals surface area contributed by atoms with Crippen LogP contribution in [0.3, 0.4) is 0 Å². The van der Waals surface area contributed by atoms with Gasteiger partial charge < -0.3 is 10.2 Å². The maximum absolute atomic E-state index is 9.56. The molecule has 0 fully saturated rings. The van der Waals surface area contributed by atoms with E-state index in [0.717, 1.165) is 0 Å². The first-order valence-electron chi connectivity index (χ1n) is 2.75. The van der Waals surface area contributed by atoms with Crippen molar-refractivity contribution in [3.05, 3.63) is 0 Å². The second-order valence-electron chi connectivity index (χ2n) is 1.72. The summed E-state index contributed by atoms with van der Waals surface area (Å²) in [6, 6.07) is 0. The standard InChI is InChI=1S/2C3H6O2.Ti/c2*1-3(5)2-4;/h2*4H,2H2,1H3;. The molecule has 0 saturated heterocycles. The average Bonchev–Trinajstić information content (AvgIpc) is 1.89. The second-order valence-corrected chi connectivity index (χ2v) is 1.72. The summed E-state index contributed by atoms with van der Waals surface area (Å²) in [4.78, 5) is 19.1. The molecule has 0 atom stereocenters. The predicted molar refractivity (Wildman–Crippen MR) is 35.5 cm³/mol. The third-order valence-electron chi connectivity index (χ3n) is 0.445. The minimum Gasteiger partial charge on any atom is -0.389 e. The van der Waals surface area contributed by atoms with Crippen LogP contribution in [0.4, 0.5) is 0 Å². The number of carbonyl (C=O) groups excluding carboxylic acids is 2. The molecule has 0 aliphatic carbocycles. The zero-order chi connectivity index (χ0) is 8.57. The van der Waals surface area contributed by atoms with E-state index in [1.165, 1.54) is 13.8 Å². The average molecular weight is 196 g/mol. The minimum absolute atomic E-state index is 0. The number of Topliss-reactive ketones (excluding diaryl/α,β-unsaturated/α-hetero) is 2. The Balaban J connectivity index is -0.000000107. The quantitative estimate of drug-likeness (QED) is 0.563. The third kappa shape index (κ3) is 40.2. The molecule has 0 spiro atoms. The Morgan fingerprint density at radius 3 is 1.09 bits per heavy atom. The van der Waals surface area contributed by atoms with E-state index in [2.05, 4.69) is 0 Å². The Kier molecular flexibility index (Phi) is 19.7. The van der Waals surface area contributed by atoms with Crippen LogP contribution in [0.15, 0.2) is 0 Å². The molecule has 0 aromatic carbocycles. The number of rotatable bonds is 2. The fourth-order valence-corrected chi connectivity index (χ4v) is 0. The number of ketones is 2. The number of aliphatic hydroxyl groups is 2. The topological polar surface area (TPSA) is 74.6 Å². The van der Waals surface area contributed by atoms with Crippen molar-refractivity contribution in [3.63, 3.8) is 0 Å². The molecule has 0 aromatic rings. The molecule has 2 N–H and O–H groups in total. The first-order valence-corrected chi connectivity index (χ1v) is 2.75. The fraction of sp³-hybridized carbons (Fsp3) is 0.667. The van der Waals surface area contributed by atoms with E-state index < -0.39 is 0 Å². The molecule has 0 aliphatic rings. The SMILES string of the molecule is CC(=O)CO.CC(=O)CO.[Ti]. The molecule has 0 aliphatic heterocycles. The smallest absolute Gasteiger partial charge is 0.155 e. The van der Waals surface area contributed by atoms with Crippen LogP contribution in [0.5, 0.6) is 0 Å². The molecule has 0 saturated carbocycles. The van der Waals surface area contributed by atoms with E-state index in [0.29, 0.717) is 0 Å². The molecule has 5 heteroatoms. The Bertz CT molecular complexity index is 99.1. The Morgan fingerprint density at radius 1 is 1.00 bits per heavy atom. The summed E-state index contributed by atoms with van der Waals surface area (Å²) in [7, 11) is 0. The van der Waals surface area contributed by atoms with Crippen LogP contribution in [0.25, 0.3) is 0 Å². The van der Waals surface area contributed by atoms with Gasteiger partial charge in [0.05, 0.1) is 0 Å². The van der Waals surface area contributed by atoms with Gasteiger partial charge >= 0.3 is 0 Å². The van der Waals surface area contributed by atoms with Crippen molar-refractivity contribution in [1.29, 1.82) is 0 Å². The molecule has 0 heterocycles. The zero-order valence-electron chi connectivity index (χ0n) is 6.63. The van der Waals surface area contributed by atoms with Gasteiger partial charge in [0.15, 0.2) is 11.6 Å². The van der Waals surface area contributed by atoms with Gasteiger partial charge in [0.1, 0.15) is 13.2 Å². The molecule has 0 radical (unpaired) electrons. The predicted octanol–water partition coefficient (Wildman–Crippen LogP) is -0.867. The van der Waals surface area contributed by atoms with Crippen LogP contribution in [-0.4, -0.2) is 35.0 Å². The summed E-state index contributed by atoms with van der Waals surface area (Å²) < 4.78 is 0. The van der Waals surface area contributed by atoms with E-state index in [1.54, 1.807) is 0 Å². The Labute approximate surface area is 80.5 Å². The van der Waals surface area contributed by atoms with E-state index in [4.69, 9.17) is 10.2 Å². The molecule has 0 rings (SSSR count). The fourth-order valence-electron chi connectivity index (χ4n) is 0. The van der Waals surface area contributed by atoms with Gasteiger partial charge in [-0.3, -0.25) is 9.59 Å². The van der Waals surface area contributed by atoms with Crippen molar-refractivity contribution >= 4 is 11.6 Å². The van der Waals surface area contributed by atoms with Crippen LogP contribution >= 0.6 is 0 Å². The molecular formula is C6H12O4Ti. The molecule has 0 amide bonds. The van der Waals surface area contributed by atoms with Gasteiger partial charge in [-0.1, -0.05) is 0 Å². The van der Waals surface area contributed by atoms with E-state index >= 15 is 0 Å². The van der Waals surface area contributed by atoms with Gasteiger partial charge in [-0.25, -0.2) is 0 Å². The normalized spacial score (nSPS) is 6.91. The van der Waals surface area contributed by atoms with Crippen LogP contribution in [-0.2, 0) is 31.3 Å². The number of hydrogen-bond acceptors (Lipinski definition) is 4. The first kappa shape index (κ1) is 17.2. The Morgan fingerprint density at radius 2 is 1.09 bits per heavy atom. The van der Waals surface area contributed by atoms with Gasteiger partial charge in [0.25, 0.3) is 0 Å². The van der Waals surface area contributed by atoms with Gasteiger partial charge in [0.2, 0.25) is 0 Å². The molecule has 64 valence electrons. The molecule has 4 nitrogen and oxygen atoms in total. The number of carbonyl (C=O) groups is 2. The van der Waals surface area contributed by atoms with E-state index in [9.17, 15) is 9.59 Å². The summed E-state index contributed by atoms with van der Waals surface area (Å²) in [5.74, 6) is -0.380. The van der Waals surface area contributed by atoms with Crippen molar-refractivity contribution in [2.75, 3.05) is 13.2 Å². The summed E-state index contributed by atoms with van der Waals surface area (Å²) in [6.45, 7) is 2.00. The van der Waals surface area contributed by atoms with Crippen LogP contribution in [0.1, 0.15) is 13.8 Å². The molecule has 11 heavy (non-hydrogen) atoms. The second kappa shape index (κ2) is 12.6. The van der Waals surface area contributed by atoms with Crippen molar-refractivity contribution in [1.82, 2.24) is 0 Å². The van der Waals surface area contributed by atoms with Crippen LogP contribution in [0.2, 0.25) is 0 Å². The first-order chi connectivity index (χ1) is 4.54. The summed E-state index contributed by atoms with van der Waals surface area (Å²) >= 11 is 0. The monoisotopic (exact) mass is 196 g/mol. The number of hydrogen-bond donors (Lipinski definition) is 2. The molecule has 0 aromatic heterocycles. The minimum atomic E-state index is -0.333. The summed E-state index contributed by atoms with van der Waals surface area (Å²) in [5.41, 5.74) is 0. The largest absolute Gasteiger partial charge is 0.389 e. The van der Waals surface area contributed by atoms with Crippen molar-refractivity contribution in [3.8, 4) is 0 Å². The third-order valence-corrected chi connectivity index (χ3v) is 0.445. The summed E-state index contributed by atoms with van der Waals surface area (Å²) in [6.07, 6.45) is 0. The van der Waals surface area contributed by atoms with Gasteiger partial charge in [-0.05, 0) is 13.8 Å². The maximum Gasteiger partial charge on any atom is 0.155 e. The van der Waals surface area contributed by atoms with E-state index in [1.807, 2.05) is 0 Å². The van der Waals surface area contributed by atoms with Gasteiger partial charge in [-0.15, -0.1) is 0 Å². The van der Waals surface area contributed by atoms with Crippen molar-refractivity contribution in [2.45, 2.75) is 13.8 Å². The summed E-state index contributed by atoms with van der Waals surface area (Å²) in [5, 5.41) is 15.6. The Hall–Kier alpha value is -0.0257. The van der Waals surface area contributed by atoms with E-state index in [-0.39, 0.29) is 46.5 Å². The van der Waals surface area contributed by atoms with Crippen molar-refractivity contribution < 1.29 is 41.5 Å². The van der Waals surface area contributed by atoms with Crippen LogP contribution in [0, 0.1) is 0 Å². The van der Waals surface area contributed by atoms with Crippen molar-refractivity contribution in [2.24, 2.45) is 0 Å². The van der Waals surface area contributed by atoms with Crippen LogP contribution < -0.4 is 0 Å². The van der Waals surface area contributed by atoms with Gasteiger partial charge in [0, 0.05) is 21.7 Å². The molecule has 0 bridgehead atoms. The molecular weight excluding hydrogens is 184 g/mol. The molecule has 0 unspecified atom stereocenters. The zero-order valence-corrected chi connectivity index (χ0v) is 8.19. The maximum atomic E-state index is 9.56.